The minimum Gasteiger partial charge on any atom is -0.355 e. The predicted octanol–water partition coefficient (Wildman–Crippen LogP) is 1.81. The van der Waals surface area contributed by atoms with E-state index in [9.17, 15) is 18.4 Å². The van der Waals surface area contributed by atoms with Crippen molar-refractivity contribution >= 4 is 11.8 Å². The summed E-state index contributed by atoms with van der Waals surface area (Å²) in [7, 11) is 1.72. The van der Waals surface area contributed by atoms with Crippen LogP contribution in [0.5, 0.6) is 0 Å². The second-order valence-corrected chi connectivity index (χ2v) is 6.73. The maximum atomic E-state index is 13.9. The van der Waals surface area contributed by atoms with Gasteiger partial charge in [0.25, 0.3) is 5.91 Å². The van der Waals surface area contributed by atoms with E-state index in [-0.39, 0.29) is 34.9 Å². The van der Waals surface area contributed by atoms with Crippen molar-refractivity contribution in [2.75, 3.05) is 26.7 Å². The maximum Gasteiger partial charge on any atom is 0.273 e. The zero-order valence-corrected chi connectivity index (χ0v) is 15.7. The number of nitrogens with one attached hydrogen (secondary N) is 2. The van der Waals surface area contributed by atoms with E-state index >= 15 is 0 Å². The number of halogens is 2. The van der Waals surface area contributed by atoms with Gasteiger partial charge in [-0.2, -0.15) is 0 Å². The predicted molar refractivity (Wildman–Crippen MR) is 97.4 cm³/mol. The number of carbonyl (C=O) groups is 2. The fourth-order valence-corrected chi connectivity index (χ4v) is 3.17. The highest BCUT2D eigenvalue weighted by molar-refractivity contribution is 5.94. The Kier molecular flexibility index (Phi) is 6.03. The number of rotatable bonds is 5. The molecule has 0 unspecified atom stereocenters. The molecule has 0 radical (unpaired) electrons. The van der Waals surface area contributed by atoms with Gasteiger partial charge in [0.1, 0.15) is 11.6 Å². The minimum absolute atomic E-state index is 0.00689. The molecule has 2 aromatic rings. The smallest absolute Gasteiger partial charge is 0.273 e. The molecule has 1 aromatic carbocycles. The molecule has 150 valence electrons. The molecule has 1 saturated heterocycles. The highest BCUT2D eigenvalue weighted by atomic mass is 19.1. The molecule has 0 saturated carbocycles. The van der Waals surface area contributed by atoms with Crippen LogP contribution in [-0.2, 0) is 4.79 Å². The van der Waals surface area contributed by atoms with E-state index in [1.165, 1.54) is 12.1 Å². The van der Waals surface area contributed by atoms with Gasteiger partial charge in [0.15, 0.2) is 11.5 Å². The number of nitrogens with zero attached hydrogens (tertiary/aromatic N) is 2. The number of aromatic nitrogens is 1. The van der Waals surface area contributed by atoms with Crippen molar-refractivity contribution in [1.82, 2.24) is 20.7 Å². The summed E-state index contributed by atoms with van der Waals surface area (Å²) in [5.41, 5.74) is -0.0280. The van der Waals surface area contributed by atoms with Crippen molar-refractivity contribution in [2.45, 2.75) is 19.4 Å². The first-order valence-electron chi connectivity index (χ1n) is 9.09. The Labute approximate surface area is 161 Å². The summed E-state index contributed by atoms with van der Waals surface area (Å²) in [5.74, 6) is -2.45. The standard InChI is InChI=1S/C19H22F2N4O3/c1-3-25(2)19(27)13-10-22-7-6-15(13)23-18(26)16-9-17(28-24-16)12-5-4-11(20)8-14(12)21/h4-5,8-9,13,15,22H,3,6-7,10H2,1-2H3,(H,23,26)/t13-,15-/m1/s1. The van der Waals surface area contributed by atoms with E-state index in [2.05, 4.69) is 15.8 Å². The third kappa shape index (κ3) is 4.19. The van der Waals surface area contributed by atoms with Crippen molar-refractivity contribution in [1.29, 1.82) is 0 Å². The highest BCUT2D eigenvalue weighted by Gasteiger charge is 2.34. The molecule has 0 bridgehead atoms. The third-order valence-electron chi connectivity index (χ3n) is 4.91. The zero-order valence-electron chi connectivity index (χ0n) is 15.7. The number of hydrogen-bond donors (Lipinski definition) is 2. The van der Waals surface area contributed by atoms with Gasteiger partial charge in [-0.25, -0.2) is 8.78 Å². The number of benzene rings is 1. The number of hydrogen-bond acceptors (Lipinski definition) is 5. The summed E-state index contributed by atoms with van der Waals surface area (Å²) in [4.78, 5) is 26.7. The molecule has 0 aliphatic carbocycles. The summed E-state index contributed by atoms with van der Waals surface area (Å²) in [5, 5.41) is 9.68. The van der Waals surface area contributed by atoms with Crippen molar-refractivity contribution in [3.63, 3.8) is 0 Å². The third-order valence-corrected chi connectivity index (χ3v) is 4.91. The lowest BCUT2D eigenvalue weighted by molar-refractivity contribution is -0.135. The summed E-state index contributed by atoms with van der Waals surface area (Å²) in [6.45, 7) is 3.60. The molecule has 1 aliphatic rings. The Hall–Kier alpha value is -2.81. The molecule has 9 heteroatoms. The van der Waals surface area contributed by atoms with Crippen LogP contribution in [0.4, 0.5) is 8.78 Å². The molecule has 2 heterocycles. The van der Waals surface area contributed by atoms with Crippen LogP contribution >= 0.6 is 0 Å². The van der Waals surface area contributed by atoms with Crippen LogP contribution in [0.15, 0.2) is 28.8 Å². The van der Waals surface area contributed by atoms with Crippen molar-refractivity contribution in [2.24, 2.45) is 5.92 Å². The van der Waals surface area contributed by atoms with Crippen LogP contribution < -0.4 is 10.6 Å². The minimum atomic E-state index is -0.810. The Morgan fingerprint density at radius 2 is 2.14 bits per heavy atom. The molecule has 7 nitrogen and oxygen atoms in total. The van der Waals surface area contributed by atoms with Gasteiger partial charge >= 0.3 is 0 Å². The average molecular weight is 392 g/mol. The number of amides is 2. The first kappa shape index (κ1) is 19.9. The van der Waals surface area contributed by atoms with Crippen LogP contribution in [0.25, 0.3) is 11.3 Å². The van der Waals surface area contributed by atoms with Crippen LogP contribution in [0.2, 0.25) is 0 Å². The SMILES string of the molecule is CCN(C)C(=O)[C@@H]1CNCC[C@H]1NC(=O)c1cc(-c2ccc(F)cc2F)on1. The molecule has 0 spiro atoms. The molecule has 2 amide bonds. The van der Waals surface area contributed by atoms with Gasteiger partial charge in [-0.1, -0.05) is 5.16 Å². The normalized spacial score (nSPS) is 19.3. The Bertz CT molecular complexity index is 871. The van der Waals surface area contributed by atoms with E-state index < -0.39 is 17.5 Å². The lowest BCUT2D eigenvalue weighted by Gasteiger charge is -2.33. The van der Waals surface area contributed by atoms with Crippen LogP contribution in [0, 0.1) is 17.6 Å². The fourth-order valence-electron chi connectivity index (χ4n) is 3.17. The van der Waals surface area contributed by atoms with Gasteiger partial charge < -0.3 is 20.1 Å². The summed E-state index contributed by atoms with van der Waals surface area (Å²) < 4.78 is 32.0. The Balaban J connectivity index is 1.73. The van der Waals surface area contributed by atoms with Crippen LogP contribution in [0.3, 0.4) is 0 Å². The monoisotopic (exact) mass is 392 g/mol. The van der Waals surface area contributed by atoms with Gasteiger partial charge in [0, 0.05) is 38.3 Å². The van der Waals surface area contributed by atoms with E-state index in [0.717, 1.165) is 12.1 Å². The fraction of sp³-hybridized carbons (Fsp3) is 0.421. The van der Waals surface area contributed by atoms with E-state index in [1.54, 1.807) is 11.9 Å². The van der Waals surface area contributed by atoms with Crippen molar-refractivity contribution < 1.29 is 22.9 Å². The molecule has 2 atom stereocenters. The number of piperidine rings is 1. The molecular weight excluding hydrogens is 370 g/mol. The van der Waals surface area contributed by atoms with Gasteiger partial charge in [-0.05, 0) is 32.0 Å². The zero-order chi connectivity index (χ0) is 20.3. The average Bonchev–Trinajstić information content (AvgIpc) is 3.17. The van der Waals surface area contributed by atoms with E-state index in [4.69, 9.17) is 4.52 Å². The first-order chi connectivity index (χ1) is 13.4. The molecule has 1 aliphatic heterocycles. The van der Waals surface area contributed by atoms with Gasteiger partial charge in [0.2, 0.25) is 5.91 Å². The van der Waals surface area contributed by atoms with Crippen molar-refractivity contribution in [3.05, 3.63) is 41.6 Å². The van der Waals surface area contributed by atoms with Gasteiger partial charge in [-0.15, -0.1) is 0 Å². The molecule has 1 aromatic heterocycles. The largest absolute Gasteiger partial charge is 0.355 e. The first-order valence-corrected chi connectivity index (χ1v) is 9.09. The quantitative estimate of drug-likeness (QED) is 0.810. The topological polar surface area (TPSA) is 87.5 Å². The second kappa shape index (κ2) is 8.47. The Morgan fingerprint density at radius 3 is 2.86 bits per heavy atom. The summed E-state index contributed by atoms with van der Waals surface area (Å²) >= 11 is 0. The second-order valence-electron chi connectivity index (χ2n) is 6.73. The van der Waals surface area contributed by atoms with E-state index in [0.29, 0.717) is 26.1 Å². The van der Waals surface area contributed by atoms with Gasteiger partial charge in [-0.3, -0.25) is 9.59 Å². The Morgan fingerprint density at radius 1 is 1.36 bits per heavy atom. The lowest BCUT2D eigenvalue weighted by atomic mass is 9.91. The van der Waals surface area contributed by atoms with Crippen LogP contribution in [0.1, 0.15) is 23.8 Å². The van der Waals surface area contributed by atoms with Crippen LogP contribution in [-0.4, -0.2) is 54.6 Å². The molecule has 3 rings (SSSR count). The lowest BCUT2D eigenvalue weighted by Crippen LogP contribution is -2.55. The molecular formula is C19H22F2N4O3. The summed E-state index contributed by atoms with van der Waals surface area (Å²) in [6.07, 6.45) is 0.594. The highest BCUT2D eigenvalue weighted by Crippen LogP contribution is 2.24. The van der Waals surface area contributed by atoms with Gasteiger partial charge in [0.05, 0.1) is 11.5 Å². The molecule has 2 N–H and O–H groups in total. The summed E-state index contributed by atoms with van der Waals surface area (Å²) in [6, 6.07) is 3.98. The van der Waals surface area contributed by atoms with E-state index in [1.807, 2.05) is 6.92 Å². The number of carbonyl (C=O) groups excluding carboxylic acids is 2. The maximum absolute atomic E-state index is 13.9. The molecule has 1 fully saturated rings. The molecule has 28 heavy (non-hydrogen) atoms. The van der Waals surface area contributed by atoms with Crippen molar-refractivity contribution in [3.8, 4) is 11.3 Å².